The second-order valence-electron chi connectivity index (χ2n) is 4.27. The summed E-state index contributed by atoms with van der Waals surface area (Å²) in [6.07, 6.45) is -2.48. The largest absolute Gasteiger partial charge is 0.460 e. The van der Waals surface area contributed by atoms with Gasteiger partial charge in [0.1, 0.15) is 12.7 Å². The van der Waals surface area contributed by atoms with Crippen molar-refractivity contribution in [3.8, 4) is 0 Å². The van der Waals surface area contributed by atoms with Gasteiger partial charge < -0.3 is 24.8 Å². The quantitative estimate of drug-likeness (QED) is 0.265. The van der Waals surface area contributed by atoms with Gasteiger partial charge in [-0.3, -0.25) is 4.79 Å². The van der Waals surface area contributed by atoms with Crippen molar-refractivity contribution >= 4 is 5.97 Å². The highest BCUT2D eigenvalue weighted by Gasteiger charge is 2.49. The molecule has 3 N–H and O–H groups in total. The summed E-state index contributed by atoms with van der Waals surface area (Å²) < 4.78 is 9.70. The van der Waals surface area contributed by atoms with Crippen molar-refractivity contribution < 1.29 is 29.6 Å². The van der Waals surface area contributed by atoms with Gasteiger partial charge in [0, 0.05) is 11.3 Å². The van der Waals surface area contributed by atoms with Gasteiger partial charge in [0.05, 0.1) is 18.8 Å². The van der Waals surface area contributed by atoms with Gasteiger partial charge in [-0.05, 0) is 12.0 Å². The highest BCUT2D eigenvalue weighted by Crippen LogP contribution is 2.26. The molecule has 4 atom stereocenters. The van der Waals surface area contributed by atoms with Crippen LogP contribution in [-0.2, 0) is 14.3 Å². The first-order valence-corrected chi connectivity index (χ1v) is 5.87. The first-order valence-electron chi connectivity index (χ1n) is 5.87. The van der Waals surface area contributed by atoms with E-state index in [1.54, 1.807) is 6.92 Å². The topological polar surface area (TPSA) is 145 Å². The van der Waals surface area contributed by atoms with Crippen molar-refractivity contribution in [2.75, 3.05) is 13.2 Å². The SMILES string of the molecule is CCCC(=O)OC[C@@]1(O)OC[C@@H](N=[N+]=[N-])[C@@H](O)[C@@H]1O. The number of rotatable bonds is 5. The van der Waals surface area contributed by atoms with Gasteiger partial charge in [0.2, 0.25) is 5.79 Å². The van der Waals surface area contributed by atoms with E-state index in [1.807, 2.05) is 0 Å². The summed E-state index contributed by atoms with van der Waals surface area (Å²) in [6.45, 7) is 0.896. The first-order chi connectivity index (χ1) is 8.94. The maximum Gasteiger partial charge on any atom is 0.305 e. The monoisotopic (exact) mass is 275 g/mol. The minimum Gasteiger partial charge on any atom is -0.460 e. The van der Waals surface area contributed by atoms with Crippen molar-refractivity contribution in [3.63, 3.8) is 0 Å². The lowest BCUT2D eigenvalue weighted by atomic mass is 9.96. The van der Waals surface area contributed by atoms with Crippen molar-refractivity contribution in [1.82, 2.24) is 0 Å². The molecule has 0 amide bonds. The Bertz CT molecular complexity index is 372. The van der Waals surface area contributed by atoms with Crippen LogP contribution in [0.25, 0.3) is 10.4 Å². The van der Waals surface area contributed by atoms with E-state index in [4.69, 9.17) is 15.0 Å². The molecular weight excluding hydrogens is 258 g/mol. The standard InChI is InChI=1S/C10H17N3O6/c1-2-3-7(14)18-5-10(17)9(16)8(15)6(4-19-10)12-13-11/h6,8-9,15-17H,2-5H2,1H3/t6-,8-,9+,10-/m1/s1. The summed E-state index contributed by atoms with van der Waals surface area (Å²) in [5, 5.41) is 32.6. The molecule has 0 bridgehead atoms. The third-order valence-corrected chi connectivity index (χ3v) is 2.78. The third kappa shape index (κ3) is 3.79. The van der Waals surface area contributed by atoms with E-state index in [0.717, 1.165) is 0 Å². The molecule has 0 aliphatic carbocycles. The number of ether oxygens (including phenoxy) is 2. The van der Waals surface area contributed by atoms with Crippen LogP contribution in [0.5, 0.6) is 0 Å². The molecule has 9 nitrogen and oxygen atoms in total. The molecule has 0 spiro atoms. The molecular formula is C10H17N3O6. The van der Waals surface area contributed by atoms with Crippen LogP contribution >= 0.6 is 0 Å². The molecule has 1 saturated heterocycles. The Hall–Kier alpha value is -1.38. The van der Waals surface area contributed by atoms with Crippen molar-refractivity contribution in [2.45, 2.75) is 43.8 Å². The van der Waals surface area contributed by atoms with Crippen LogP contribution in [0.1, 0.15) is 19.8 Å². The van der Waals surface area contributed by atoms with Crippen LogP contribution in [0.2, 0.25) is 0 Å². The lowest BCUT2D eigenvalue weighted by Gasteiger charge is -2.41. The van der Waals surface area contributed by atoms with Gasteiger partial charge in [-0.15, -0.1) is 0 Å². The van der Waals surface area contributed by atoms with E-state index in [1.165, 1.54) is 0 Å². The van der Waals surface area contributed by atoms with E-state index in [0.29, 0.717) is 6.42 Å². The summed E-state index contributed by atoms with van der Waals surface area (Å²) in [5.41, 5.74) is 8.27. The Morgan fingerprint density at radius 3 is 2.89 bits per heavy atom. The predicted octanol–water partition coefficient (Wildman–Crippen LogP) is -0.551. The molecule has 1 rings (SSSR count). The summed E-state index contributed by atoms with van der Waals surface area (Å²) in [7, 11) is 0. The number of hydrogen-bond acceptors (Lipinski definition) is 7. The Kier molecular flexibility index (Phi) is 5.52. The van der Waals surface area contributed by atoms with Crippen molar-refractivity contribution in [1.29, 1.82) is 0 Å². The van der Waals surface area contributed by atoms with Crippen LogP contribution in [0.3, 0.4) is 0 Å². The van der Waals surface area contributed by atoms with Gasteiger partial charge in [0.15, 0.2) is 0 Å². The molecule has 108 valence electrons. The average molecular weight is 275 g/mol. The zero-order chi connectivity index (χ0) is 14.5. The molecule has 1 fully saturated rings. The van der Waals surface area contributed by atoms with E-state index >= 15 is 0 Å². The minimum absolute atomic E-state index is 0.177. The number of azide groups is 1. The molecule has 0 aromatic rings. The van der Waals surface area contributed by atoms with Crippen LogP contribution in [0, 0.1) is 0 Å². The maximum atomic E-state index is 11.2. The average Bonchev–Trinajstić information content (AvgIpc) is 2.38. The molecule has 1 heterocycles. The Labute approximate surface area is 109 Å². The van der Waals surface area contributed by atoms with Crippen LogP contribution in [0.15, 0.2) is 5.11 Å². The van der Waals surface area contributed by atoms with Crippen molar-refractivity contribution in [3.05, 3.63) is 10.4 Å². The number of aliphatic hydroxyl groups is 3. The Balaban J connectivity index is 2.62. The van der Waals surface area contributed by atoms with E-state index in [-0.39, 0.29) is 13.0 Å². The number of aliphatic hydroxyl groups excluding tert-OH is 2. The lowest BCUT2D eigenvalue weighted by Crippen LogP contribution is -2.62. The number of carbonyl (C=O) groups is 1. The normalized spacial score (nSPS) is 34.4. The smallest absolute Gasteiger partial charge is 0.305 e. The summed E-state index contributed by atoms with van der Waals surface area (Å²) in [4.78, 5) is 13.7. The lowest BCUT2D eigenvalue weighted by molar-refractivity contribution is -0.316. The molecule has 1 aliphatic heterocycles. The molecule has 9 heteroatoms. The number of esters is 1. The molecule has 19 heavy (non-hydrogen) atoms. The second kappa shape index (κ2) is 6.69. The number of hydrogen-bond donors (Lipinski definition) is 3. The van der Waals surface area contributed by atoms with Gasteiger partial charge in [-0.1, -0.05) is 12.0 Å². The molecule has 0 unspecified atom stereocenters. The Morgan fingerprint density at radius 1 is 1.63 bits per heavy atom. The fourth-order valence-electron chi connectivity index (χ4n) is 1.65. The van der Waals surface area contributed by atoms with Gasteiger partial charge >= 0.3 is 5.97 Å². The molecule has 0 aromatic heterocycles. The van der Waals surface area contributed by atoms with E-state index in [9.17, 15) is 20.1 Å². The third-order valence-electron chi connectivity index (χ3n) is 2.78. The van der Waals surface area contributed by atoms with Gasteiger partial charge in [0.25, 0.3) is 0 Å². The Morgan fingerprint density at radius 2 is 2.32 bits per heavy atom. The molecule has 0 aromatic carbocycles. The van der Waals surface area contributed by atoms with Crippen LogP contribution in [0.4, 0.5) is 0 Å². The van der Waals surface area contributed by atoms with Gasteiger partial charge in [-0.2, -0.15) is 0 Å². The second-order valence-corrected chi connectivity index (χ2v) is 4.27. The summed E-state index contributed by atoms with van der Waals surface area (Å²) in [5.74, 6) is -2.75. The maximum absolute atomic E-state index is 11.2. The zero-order valence-corrected chi connectivity index (χ0v) is 10.5. The molecule has 1 aliphatic rings. The molecule has 0 saturated carbocycles. The van der Waals surface area contributed by atoms with Crippen molar-refractivity contribution in [2.24, 2.45) is 5.11 Å². The highest BCUT2D eigenvalue weighted by molar-refractivity contribution is 5.69. The summed E-state index contributed by atoms with van der Waals surface area (Å²) >= 11 is 0. The predicted molar refractivity (Wildman–Crippen MR) is 61.7 cm³/mol. The minimum atomic E-state index is -2.20. The fraction of sp³-hybridized carbons (Fsp3) is 0.900. The van der Waals surface area contributed by atoms with Crippen LogP contribution < -0.4 is 0 Å². The highest BCUT2D eigenvalue weighted by atomic mass is 16.7. The first kappa shape index (κ1) is 15.7. The summed E-state index contributed by atoms with van der Waals surface area (Å²) in [6, 6.07) is -1.01. The zero-order valence-electron chi connectivity index (χ0n) is 10.5. The van der Waals surface area contributed by atoms with Crippen LogP contribution in [-0.4, -0.2) is 58.5 Å². The van der Waals surface area contributed by atoms with Gasteiger partial charge in [-0.25, -0.2) is 0 Å². The number of carbonyl (C=O) groups excluding carboxylic acids is 1. The number of nitrogens with zero attached hydrogens (tertiary/aromatic N) is 3. The molecule has 0 radical (unpaired) electrons. The fourth-order valence-corrected chi connectivity index (χ4v) is 1.65. The van der Waals surface area contributed by atoms with E-state index in [2.05, 4.69) is 10.0 Å². The van der Waals surface area contributed by atoms with E-state index < -0.39 is 36.6 Å².